The van der Waals surface area contributed by atoms with Crippen molar-refractivity contribution < 1.29 is 9.90 Å². The second-order valence-electron chi connectivity index (χ2n) is 5.12. The Labute approximate surface area is 107 Å². The number of fused-ring (bicyclic) bond motifs is 2. The summed E-state index contributed by atoms with van der Waals surface area (Å²) in [5.74, 6) is 2.31. The minimum absolute atomic E-state index is 0.370. The van der Waals surface area contributed by atoms with Gasteiger partial charge in [0.25, 0.3) is 0 Å². The fourth-order valence-electron chi connectivity index (χ4n) is 2.97. The summed E-state index contributed by atoms with van der Waals surface area (Å²) in [4.78, 5) is 11.1. The lowest BCUT2D eigenvalue weighted by Crippen LogP contribution is -2.40. The molecule has 2 rings (SSSR count). The molecular weight excluding hydrogens is 234 g/mol. The summed E-state index contributed by atoms with van der Waals surface area (Å²) in [7, 11) is 0. The van der Waals surface area contributed by atoms with E-state index in [9.17, 15) is 4.79 Å². The smallest absolute Gasteiger partial charge is 0.320 e. The van der Waals surface area contributed by atoms with Crippen LogP contribution in [0.2, 0.25) is 0 Å². The summed E-state index contributed by atoms with van der Waals surface area (Å²) < 4.78 is 0. The molecule has 2 aliphatic rings. The SMILES string of the molecule is CSCCC(NCC1CC2C=CC1C2)C(=O)O. The van der Waals surface area contributed by atoms with E-state index in [0.29, 0.717) is 18.3 Å². The molecule has 4 unspecified atom stereocenters. The molecule has 2 N–H and O–H groups in total. The first-order valence-corrected chi connectivity index (χ1v) is 7.73. The van der Waals surface area contributed by atoms with Crippen LogP contribution in [0, 0.1) is 17.8 Å². The van der Waals surface area contributed by atoms with Crippen molar-refractivity contribution in [2.24, 2.45) is 17.8 Å². The number of carboxylic acids is 1. The van der Waals surface area contributed by atoms with Crippen molar-refractivity contribution in [2.75, 3.05) is 18.6 Å². The van der Waals surface area contributed by atoms with Gasteiger partial charge < -0.3 is 10.4 Å². The summed E-state index contributed by atoms with van der Waals surface area (Å²) in [5, 5.41) is 12.4. The second kappa shape index (κ2) is 5.91. The van der Waals surface area contributed by atoms with Gasteiger partial charge in [-0.3, -0.25) is 4.79 Å². The molecule has 0 amide bonds. The quantitative estimate of drug-likeness (QED) is 0.683. The van der Waals surface area contributed by atoms with Crippen molar-refractivity contribution in [1.82, 2.24) is 5.32 Å². The first-order chi connectivity index (χ1) is 8.20. The van der Waals surface area contributed by atoms with Gasteiger partial charge in [0, 0.05) is 0 Å². The van der Waals surface area contributed by atoms with Crippen molar-refractivity contribution in [3.63, 3.8) is 0 Å². The Bertz CT molecular complexity index is 306. The molecule has 4 atom stereocenters. The van der Waals surface area contributed by atoms with E-state index >= 15 is 0 Å². The lowest BCUT2D eigenvalue weighted by molar-refractivity contribution is -0.139. The molecule has 96 valence electrons. The van der Waals surface area contributed by atoms with Gasteiger partial charge in [-0.1, -0.05) is 12.2 Å². The maximum absolute atomic E-state index is 11.1. The van der Waals surface area contributed by atoms with Crippen LogP contribution in [0.25, 0.3) is 0 Å². The third-order valence-electron chi connectivity index (χ3n) is 3.95. The number of rotatable bonds is 7. The average Bonchev–Trinajstić information content (AvgIpc) is 2.90. The Balaban J connectivity index is 1.75. The van der Waals surface area contributed by atoms with Crippen molar-refractivity contribution >= 4 is 17.7 Å². The van der Waals surface area contributed by atoms with Crippen LogP contribution in [0.1, 0.15) is 19.3 Å². The van der Waals surface area contributed by atoms with Crippen LogP contribution in [0.15, 0.2) is 12.2 Å². The van der Waals surface area contributed by atoms with E-state index in [0.717, 1.165) is 18.2 Å². The minimum Gasteiger partial charge on any atom is -0.480 e. The van der Waals surface area contributed by atoms with E-state index in [4.69, 9.17) is 5.11 Å². The van der Waals surface area contributed by atoms with Gasteiger partial charge in [-0.2, -0.15) is 11.8 Å². The van der Waals surface area contributed by atoms with Crippen LogP contribution in [0.5, 0.6) is 0 Å². The summed E-state index contributed by atoms with van der Waals surface area (Å²) in [6.07, 6.45) is 9.90. The summed E-state index contributed by atoms with van der Waals surface area (Å²) >= 11 is 1.70. The predicted molar refractivity (Wildman–Crippen MR) is 71.3 cm³/mol. The zero-order valence-corrected chi connectivity index (χ0v) is 11.1. The standard InChI is InChI=1S/C13H21NO2S/c1-17-5-4-12(13(15)16)14-8-11-7-9-2-3-10(11)6-9/h2-3,9-12,14H,4-8H2,1H3,(H,15,16). The molecule has 1 fully saturated rings. The Morgan fingerprint density at radius 3 is 2.88 bits per heavy atom. The number of hydrogen-bond donors (Lipinski definition) is 2. The highest BCUT2D eigenvalue weighted by molar-refractivity contribution is 7.98. The van der Waals surface area contributed by atoms with E-state index < -0.39 is 5.97 Å². The lowest BCUT2D eigenvalue weighted by atomic mass is 9.93. The molecule has 4 heteroatoms. The molecule has 0 spiro atoms. The molecule has 0 radical (unpaired) electrons. The van der Waals surface area contributed by atoms with Crippen LogP contribution in [-0.4, -0.2) is 35.7 Å². The topological polar surface area (TPSA) is 49.3 Å². The summed E-state index contributed by atoms with van der Waals surface area (Å²) in [5.41, 5.74) is 0. The minimum atomic E-state index is -0.710. The van der Waals surface area contributed by atoms with Crippen LogP contribution in [-0.2, 0) is 4.79 Å². The van der Waals surface area contributed by atoms with Crippen molar-refractivity contribution in [3.8, 4) is 0 Å². The first-order valence-electron chi connectivity index (χ1n) is 6.34. The molecule has 2 aliphatic carbocycles. The fraction of sp³-hybridized carbons (Fsp3) is 0.769. The Kier molecular flexibility index (Phi) is 4.51. The highest BCUT2D eigenvalue weighted by Gasteiger charge is 2.35. The fourth-order valence-corrected chi connectivity index (χ4v) is 3.44. The van der Waals surface area contributed by atoms with Gasteiger partial charge in [-0.25, -0.2) is 0 Å². The molecule has 0 aromatic rings. The van der Waals surface area contributed by atoms with Gasteiger partial charge in [0.1, 0.15) is 6.04 Å². The monoisotopic (exact) mass is 255 g/mol. The van der Waals surface area contributed by atoms with E-state index in [1.165, 1.54) is 12.8 Å². The largest absolute Gasteiger partial charge is 0.480 e. The summed E-state index contributed by atoms with van der Waals surface area (Å²) in [6, 6.07) is -0.370. The Morgan fingerprint density at radius 2 is 2.35 bits per heavy atom. The maximum Gasteiger partial charge on any atom is 0.320 e. The number of thioether (sulfide) groups is 1. The predicted octanol–water partition coefficient (Wildman–Crippen LogP) is 1.99. The number of carboxylic acid groups (broad SMARTS) is 1. The Morgan fingerprint density at radius 1 is 1.53 bits per heavy atom. The van der Waals surface area contributed by atoms with E-state index in [2.05, 4.69) is 17.5 Å². The van der Waals surface area contributed by atoms with Crippen LogP contribution >= 0.6 is 11.8 Å². The molecule has 0 aliphatic heterocycles. The van der Waals surface area contributed by atoms with Gasteiger partial charge >= 0.3 is 5.97 Å². The number of nitrogens with one attached hydrogen (secondary N) is 1. The third-order valence-corrected chi connectivity index (χ3v) is 4.60. The molecule has 0 saturated heterocycles. The van der Waals surface area contributed by atoms with Crippen LogP contribution < -0.4 is 5.32 Å². The van der Waals surface area contributed by atoms with Crippen molar-refractivity contribution in [1.29, 1.82) is 0 Å². The molecule has 0 aromatic heterocycles. The number of allylic oxidation sites excluding steroid dienone is 2. The molecule has 2 bridgehead atoms. The van der Waals surface area contributed by atoms with Crippen LogP contribution in [0.3, 0.4) is 0 Å². The molecule has 17 heavy (non-hydrogen) atoms. The number of aliphatic carboxylic acids is 1. The van der Waals surface area contributed by atoms with Crippen molar-refractivity contribution in [3.05, 3.63) is 12.2 Å². The van der Waals surface area contributed by atoms with Crippen LogP contribution in [0.4, 0.5) is 0 Å². The Hall–Kier alpha value is -0.480. The molecule has 1 saturated carbocycles. The lowest BCUT2D eigenvalue weighted by Gasteiger charge is -2.21. The zero-order valence-electron chi connectivity index (χ0n) is 10.3. The molecule has 0 heterocycles. The molecular formula is C13H21NO2S. The van der Waals surface area contributed by atoms with Crippen molar-refractivity contribution in [2.45, 2.75) is 25.3 Å². The number of carbonyl (C=O) groups is 1. The third kappa shape index (κ3) is 3.26. The zero-order chi connectivity index (χ0) is 12.3. The normalized spacial score (nSPS) is 31.9. The molecule has 0 aromatic carbocycles. The highest BCUT2D eigenvalue weighted by atomic mass is 32.2. The second-order valence-corrected chi connectivity index (χ2v) is 6.11. The number of hydrogen-bond acceptors (Lipinski definition) is 3. The van der Waals surface area contributed by atoms with Gasteiger partial charge in [-0.15, -0.1) is 0 Å². The molecule has 3 nitrogen and oxygen atoms in total. The first kappa shape index (κ1) is 13.0. The highest BCUT2D eigenvalue weighted by Crippen LogP contribution is 2.42. The summed E-state index contributed by atoms with van der Waals surface area (Å²) in [6.45, 7) is 0.858. The van der Waals surface area contributed by atoms with Gasteiger partial charge in [0.2, 0.25) is 0 Å². The van der Waals surface area contributed by atoms with Gasteiger partial charge in [-0.05, 0) is 55.6 Å². The van der Waals surface area contributed by atoms with E-state index in [1.807, 2.05) is 6.26 Å². The maximum atomic E-state index is 11.1. The van der Waals surface area contributed by atoms with Gasteiger partial charge in [0.15, 0.2) is 0 Å². The van der Waals surface area contributed by atoms with E-state index in [-0.39, 0.29) is 6.04 Å². The van der Waals surface area contributed by atoms with E-state index in [1.54, 1.807) is 11.8 Å². The average molecular weight is 255 g/mol. The van der Waals surface area contributed by atoms with Gasteiger partial charge in [0.05, 0.1) is 0 Å².